The minimum Gasteiger partial charge on any atom is -0.496 e. The van der Waals surface area contributed by atoms with Crippen LogP contribution in [0.2, 0.25) is 0 Å². The van der Waals surface area contributed by atoms with E-state index in [-0.39, 0.29) is 6.03 Å². The van der Waals surface area contributed by atoms with Gasteiger partial charge in [0.25, 0.3) is 0 Å². The summed E-state index contributed by atoms with van der Waals surface area (Å²) in [6, 6.07) is 12.5. The lowest BCUT2D eigenvalue weighted by molar-refractivity contribution is 0.171. The average Bonchev–Trinajstić information content (AvgIpc) is 2.92. The molecule has 2 aliphatic rings. The van der Waals surface area contributed by atoms with Gasteiger partial charge in [0.05, 0.1) is 21.3 Å². The molecule has 1 N–H and O–H groups in total. The standard InChI is InChI=1S/C28H40N4O4/c1-20(2)30-12-10-21(11-13-30)24-18-22(6-8-25(24)34-3)29-28(33)32-16-14-31(15-17-32)23-7-9-26(35-4)27(19-23)36-5/h6-9,18-21H,10-17H2,1-5H3,(H,29,33). The maximum atomic E-state index is 13.1. The van der Waals surface area contributed by atoms with Gasteiger partial charge in [-0.3, -0.25) is 0 Å². The SMILES string of the molecule is COc1ccc(N2CCN(C(=O)Nc3ccc(OC)c(C4CCN(C(C)C)CC4)c3)CC2)cc1OC. The molecule has 2 amide bonds. The second-order valence-electron chi connectivity index (χ2n) is 9.80. The van der Waals surface area contributed by atoms with Crippen molar-refractivity contribution in [3.05, 3.63) is 42.0 Å². The second-order valence-corrected chi connectivity index (χ2v) is 9.80. The predicted molar refractivity (Wildman–Crippen MR) is 144 cm³/mol. The van der Waals surface area contributed by atoms with Crippen LogP contribution in [0.4, 0.5) is 16.2 Å². The Morgan fingerprint density at radius 1 is 0.833 bits per heavy atom. The van der Waals surface area contributed by atoms with Crippen LogP contribution in [0.3, 0.4) is 0 Å². The first-order valence-electron chi connectivity index (χ1n) is 12.9. The van der Waals surface area contributed by atoms with Crippen molar-refractivity contribution in [1.82, 2.24) is 9.80 Å². The van der Waals surface area contributed by atoms with Gasteiger partial charge in [-0.2, -0.15) is 0 Å². The second kappa shape index (κ2) is 11.7. The topological polar surface area (TPSA) is 66.5 Å². The normalized spacial score (nSPS) is 17.3. The van der Waals surface area contributed by atoms with E-state index in [1.165, 1.54) is 5.56 Å². The highest BCUT2D eigenvalue weighted by Crippen LogP contribution is 2.36. The molecule has 0 aromatic heterocycles. The molecule has 4 rings (SSSR count). The van der Waals surface area contributed by atoms with E-state index in [0.717, 1.165) is 56.1 Å². The Hall–Kier alpha value is -3.13. The summed E-state index contributed by atoms with van der Waals surface area (Å²) in [5.41, 5.74) is 3.08. The first kappa shape index (κ1) is 25.9. The molecule has 0 unspecified atom stereocenters. The summed E-state index contributed by atoms with van der Waals surface area (Å²) in [6.45, 7) is 9.50. The fraction of sp³-hybridized carbons (Fsp3) is 0.536. The lowest BCUT2D eigenvalue weighted by Crippen LogP contribution is -2.50. The fourth-order valence-electron chi connectivity index (χ4n) is 5.25. The molecular formula is C28H40N4O4. The van der Waals surface area contributed by atoms with E-state index in [0.29, 0.717) is 36.5 Å². The molecule has 2 aliphatic heterocycles. The fourth-order valence-corrected chi connectivity index (χ4v) is 5.25. The van der Waals surface area contributed by atoms with Crippen LogP contribution in [0, 0.1) is 0 Å². The number of amides is 2. The van der Waals surface area contributed by atoms with Crippen molar-refractivity contribution < 1.29 is 19.0 Å². The van der Waals surface area contributed by atoms with E-state index in [1.54, 1.807) is 21.3 Å². The van der Waals surface area contributed by atoms with Crippen LogP contribution < -0.4 is 24.4 Å². The summed E-state index contributed by atoms with van der Waals surface area (Å²) in [5, 5.41) is 3.12. The Morgan fingerprint density at radius 3 is 2.08 bits per heavy atom. The Bertz CT molecular complexity index is 1030. The molecule has 0 aliphatic carbocycles. The quantitative estimate of drug-likeness (QED) is 0.602. The molecule has 8 nitrogen and oxygen atoms in total. The van der Waals surface area contributed by atoms with Gasteiger partial charge in [0.2, 0.25) is 0 Å². The number of hydrogen-bond acceptors (Lipinski definition) is 6. The summed E-state index contributed by atoms with van der Waals surface area (Å²) in [4.78, 5) is 19.7. The van der Waals surface area contributed by atoms with Gasteiger partial charge in [-0.15, -0.1) is 0 Å². The van der Waals surface area contributed by atoms with Gasteiger partial charge in [-0.25, -0.2) is 4.79 Å². The number of likely N-dealkylation sites (tertiary alicyclic amines) is 1. The number of hydrogen-bond donors (Lipinski definition) is 1. The number of rotatable bonds is 7. The Labute approximate surface area is 215 Å². The zero-order valence-electron chi connectivity index (χ0n) is 22.3. The van der Waals surface area contributed by atoms with E-state index in [4.69, 9.17) is 14.2 Å². The number of anilines is 2. The van der Waals surface area contributed by atoms with Crippen LogP contribution in [-0.2, 0) is 0 Å². The highest BCUT2D eigenvalue weighted by Gasteiger charge is 2.26. The van der Waals surface area contributed by atoms with E-state index in [9.17, 15) is 4.79 Å². The molecular weight excluding hydrogens is 456 g/mol. The highest BCUT2D eigenvalue weighted by molar-refractivity contribution is 5.89. The number of piperidine rings is 1. The zero-order valence-corrected chi connectivity index (χ0v) is 22.3. The number of ether oxygens (including phenoxy) is 3. The third-order valence-electron chi connectivity index (χ3n) is 7.48. The average molecular weight is 497 g/mol. The van der Waals surface area contributed by atoms with Gasteiger partial charge in [0.15, 0.2) is 11.5 Å². The lowest BCUT2D eigenvalue weighted by Gasteiger charge is -2.36. The number of nitrogens with one attached hydrogen (secondary N) is 1. The molecule has 0 bridgehead atoms. The summed E-state index contributed by atoms with van der Waals surface area (Å²) < 4.78 is 16.5. The molecule has 0 atom stereocenters. The third kappa shape index (κ3) is 5.81. The first-order chi connectivity index (χ1) is 17.4. The van der Waals surface area contributed by atoms with E-state index in [2.05, 4.69) is 35.0 Å². The Balaban J connectivity index is 1.36. The lowest BCUT2D eigenvalue weighted by atomic mass is 9.88. The van der Waals surface area contributed by atoms with Crippen LogP contribution in [0.25, 0.3) is 0 Å². The molecule has 36 heavy (non-hydrogen) atoms. The summed E-state index contributed by atoms with van der Waals surface area (Å²) >= 11 is 0. The molecule has 0 spiro atoms. The number of carbonyl (C=O) groups is 1. The van der Waals surface area contributed by atoms with Gasteiger partial charge in [-0.1, -0.05) is 0 Å². The van der Waals surface area contributed by atoms with E-state index >= 15 is 0 Å². The number of urea groups is 1. The van der Waals surface area contributed by atoms with Crippen molar-refractivity contribution in [1.29, 1.82) is 0 Å². The molecule has 2 fully saturated rings. The molecule has 0 saturated carbocycles. The monoisotopic (exact) mass is 496 g/mol. The number of benzene rings is 2. The number of carbonyl (C=O) groups excluding carboxylic acids is 1. The highest BCUT2D eigenvalue weighted by atomic mass is 16.5. The predicted octanol–water partition coefficient (Wildman–Crippen LogP) is 4.65. The number of methoxy groups -OCH3 is 3. The van der Waals surface area contributed by atoms with Crippen molar-refractivity contribution >= 4 is 17.4 Å². The minimum absolute atomic E-state index is 0.0623. The maximum Gasteiger partial charge on any atom is 0.321 e. The van der Waals surface area contributed by atoms with Crippen molar-refractivity contribution in [2.45, 2.75) is 38.6 Å². The van der Waals surface area contributed by atoms with Gasteiger partial charge >= 0.3 is 6.03 Å². The smallest absolute Gasteiger partial charge is 0.321 e. The number of piperazine rings is 1. The summed E-state index contributed by atoms with van der Waals surface area (Å²) in [6.07, 6.45) is 2.20. The largest absolute Gasteiger partial charge is 0.496 e. The summed E-state index contributed by atoms with van der Waals surface area (Å²) in [5.74, 6) is 2.76. The molecule has 2 aromatic carbocycles. The maximum absolute atomic E-state index is 13.1. The number of nitrogens with zero attached hydrogens (tertiary/aromatic N) is 3. The molecule has 0 radical (unpaired) electrons. The van der Waals surface area contributed by atoms with Crippen LogP contribution in [-0.4, -0.2) is 82.5 Å². The van der Waals surface area contributed by atoms with Crippen molar-refractivity contribution in [2.75, 3.05) is 70.8 Å². The van der Waals surface area contributed by atoms with E-state index in [1.807, 2.05) is 35.2 Å². The molecule has 2 saturated heterocycles. The molecule has 196 valence electrons. The molecule has 2 aromatic rings. The van der Waals surface area contributed by atoms with Gasteiger partial charge in [-0.05, 0) is 81.6 Å². The van der Waals surface area contributed by atoms with Crippen molar-refractivity contribution in [2.24, 2.45) is 0 Å². The van der Waals surface area contributed by atoms with Crippen LogP contribution in [0.15, 0.2) is 36.4 Å². The Kier molecular flexibility index (Phi) is 8.46. The zero-order chi connectivity index (χ0) is 25.7. The molecule has 8 heteroatoms. The van der Waals surface area contributed by atoms with Gasteiger partial charge < -0.3 is 34.2 Å². The third-order valence-corrected chi connectivity index (χ3v) is 7.48. The van der Waals surface area contributed by atoms with Crippen LogP contribution in [0.5, 0.6) is 17.2 Å². The first-order valence-corrected chi connectivity index (χ1v) is 12.9. The van der Waals surface area contributed by atoms with Crippen LogP contribution in [0.1, 0.15) is 38.2 Å². The van der Waals surface area contributed by atoms with Gasteiger partial charge in [0, 0.05) is 49.7 Å². The Morgan fingerprint density at radius 2 is 1.47 bits per heavy atom. The molecule has 2 heterocycles. The minimum atomic E-state index is -0.0623. The van der Waals surface area contributed by atoms with E-state index < -0.39 is 0 Å². The van der Waals surface area contributed by atoms with Crippen molar-refractivity contribution in [3.63, 3.8) is 0 Å². The van der Waals surface area contributed by atoms with Crippen molar-refractivity contribution in [3.8, 4) is 17.2 Å². The van der Waals surface area contributed by atoms with Crippen LogP contribution >= 0.6 is 0 Å². The summed E-state index contributed by atoms with van der Waals surface area (Å²) in [7, 11) is 5.00. The van der Waals surface area contributed by atoms with Gasteiger partial charge in [0.1, 0.15) is 5.75 Å².